The summed E-state index contributed by atoms with van der Waals surface area (Å²) in [7, 11) is 0. The number of rotatable bonds is 2. The van der Waals surface area contributed by atoms with Crippen molar-refractivity contribution in [3.63, 3.8) is 0 Å². The second-order valence-electron chi connectivity index (χ2n) is 15.6. The van der Waals surface area contributed by atoms with Gasteiger partial charge in [0.1, 0.15) is 0 Å². The molecule has 5 aromatic carbocycles. The maximum absolute atomic E-state index is 12.7. The van der Waals surface area contributed by atoms with Crippen LogP contribution in [0.15, 0.2) is 109 Å². The number of hydrogen-bond donors (Lipinski definition) is 0. The molecule has 3 aliphatic carbocycles. The van der Waals surface area contributed by atoms with Gasteiger partial charge in [-0.3, -0.25) is 6.08 Å². The van der Waals surface area contributed by atoms with Gasteiger partial charge >= 0.3 is 137 Å². The molecule has 0 radical (unpaired) electrons. The Balaban J connectivity index is 0.000000218. The first-order valence-electron chi connectivity index (χ1n) is 18.0. The van der Waals surface area contributed by atoms with E-state index in [9.17, 15) is 26.3 Å². The van der Waals surface area contributed by atoms with E-state index in [4.69, 9.17) is 0 Å². The molecule has 9 heteroatoms. The molecule has 0 N–H and O–H groups in total. The van der Waals surface area contributed by atoms with Crippen LogP contribution in [0.2, 0.25) is 0 Å². The van der Waals surface area contributed by atoms with E-state index in [1.165, 1.54) is 79.2 Å². The minimum atomic E-state index is -4.49. The number of allylic oxidation sites excluding steroid dienone is 8. The van der Waals surface area contributed by atoms with Gasteiger partial charge in [-0.2, -0.15) is 6.08 Å². The molecule has 0 unspecified atom stereocenters. The second-order valence-corrected chi connectivity index (χ2v) is 16.8. The van der Waals surface area contributed by atoms with E-state index >= 15 is 0 Å². The van der Waals surface area contributed by atoms with Crippen molar-refractivity contribution in [1.29, 1.82) is 0 Å². The second kappa shape index (κ2) is 17.2. The average Bonchev–Trinajstić information content (AvgIpc) is 3.82. The van der Waals surface area contributed by atoms with Crippen LogP contribution in [0.5, 0.6) is 0 Å². The molecular formula is C47H42Cl2F6Zr-2. The summed E-state index contributed by atoms with van der Waals surface area (Å²) < 4.78 is 76.7. The molecule has 8 rings (SSSR count). The van der Waals surface area contributed by atoms with E-state index in [1.54, 1.807) is 0 Å². The molecule has 0 fully saturated rings. The molecule has 5 aromatic rings. The summed E-state index contributed by atoms with van der Waals surface area (Å²) >= 11 is 0.729. The van der Waals surface area contributed by atoms with Crippen molar-refractivity contribution in [3.8, 4) is 0 Å². The van der Waals surface area contributed by atoms with Gasteiger partial charge in [-0.15, -0.1) is 46.2 Å². The zero-order valence-corrected chi connectivity index (χ0v) is 36.0. The van der Waals surface area contributed by atoms with Crippen molar-refractivity contribution in [2.75, 3.05) is 0 Å². The summed E-state index contributed by atoms with van der Waals surface area (Å²) in [6.45, 7) is 14.0. The van der Waals surface area contributed by atoms with Crippen LogP contribution in [0.3, 0.4) is 0 Å². The molecule has 0 nitrogen and oxygen atoms in total. The molecule has 0 saturated heterocycles. The largest absolute Gasteiger partial charge is 1.00 e. The van der Waals surface area contributed by atoms with E-state index < -0.39 is 23.5 Å². The summed E-state index contributed by atoms with van der Waals surface area (Å²) in [6.07, 6.45) is 8.11. The average molecular weight is 883 g/mol. The van der Waals surface area contributed by atoms with Crippen molar-refractivity contribution in [1.82, 2.24) is 0 Å². The maximum Gasteiger partial charge on any atom is -0.109 e. The Kier molecular flexibility index (Phi) is 13.9. The van der Waals surface area contributed by atoms with Gasteiger partial charge in [-0.05, 0) is 59.8 Å². The van der Waals surface area contributed by atoms with Gasteiger partial charge in [0.15, 0.2) is 0 Å². The normalized spacial score (nSPS) is 16.2. The first-order chi connectivity index (χ1) is 25.3. The number of benzene rings is 4. The molecule has 3 aliphatic rings. The van der Waals surface area contributed by atoms with Gasteiger partial charge in [0.2, 0.25) is 0 Å². The summed E-state index contributed by atoms with van der Waals surface area (Å²) in [5.41, 5.74) is 8.08. The minimum absolute atomic E-state index is 0. The predicted octanol–water partition coefficient (Wildman–Crippen LogP) is 8.03. The van der Waals surface area contributed by atoms with Crippen molar-refractivity contribution < 1.29 is 75.4 Å². The molecule has 0 spiro atoms. The van der Waals surface area contributed by atoms with Crippen LogP contribution < -0.4 is 24.8 Å². The molecule has 0 aromatic heterocycles. The minimum Gasteiger partial charge on any atom is -1.00 e. The number of alkyl halides is 6. The monoisotopic (exact) mass is 880 g/mol. The number of hydrogen-bond acceptors (Lipinski definition) is 0. The fraction of sp³-hybridized carbons (Fsp3) is 0.277. The van der Waals surface area contributed by atoms with E-state index in [0.717, 1.165) is 67.8 Å². The SMILES string of the molecule is CC1=CCC(C)(C)c2cc3[cH-]c4cc5c(cc4c3cc21)C(C)=CCC5(C)C.FC(F)(F)c1cccc([C](=[Zr+2])c2cccc(C(F)(F)F)c2)c1.[C-]1=CC=CC1.[Cl-].[Cl-]. The van der Waals surface area contributed by atoms with Crippen molar-refractivity contribution in [2.45, 2.75) is 84.0 Å². The molecule has 0 amide bonds. The van der Waals surface area contributed by atoms with E-state index in [2.05, 4.69) is 96.2 Å². The topological polar surface area (TPSA) is 0 Å². The Morgan fingerprint density at radius 1 is 0.661 bits per heavy atom. The third-order valence-electron chi connectivity index (χ3n) is 10.7. The Morgan fingerprint density at radius 3 is 1.43 bits per heavy atom. The molecule has 0 aliphatic heterocycles. The molecular weight excluding hydrogens is 841 g/mol. The third kappa shape index (κ3) is 9.66. The van der Waals surface area contributed by atoms with Crippen LogP contribution in [-0.2, 0) is 47.4 Å². The fourth-order valence-corrected chi connectivity index (χ4v) is 8.11. The predicted molar refractivity (Wildman–Crippen MR) is 207 cm³/mol. The van der Waals surface area contributed by atoms with E-state index in [0.29, 0.717) is 3.21 Å². The van der Waals surface area contributed by atoms with Gasteiger partial charge in [-0.25, -0.2) is 12.2 Å². The Bertz CT molecular complexity index is 2220. The Morgan fingerprint density at radius 2 is 1.09 bits per heavy atom. The standard InChI is InChI=1S/C27H29.C15H8F6.C5H5.2ClH.Zr/c1-16-7-9-26(3,4)24-12-18-11-19-13-25-21(17(2)8-10-27(25,5)6)15-23(19)22(18)14-20(16)24;16-14(17,18)12-5-1-3-10(8-12)7-11-4-2-6-13(9-11)15(19,20)21;1-2-4-5-3-1;;;/h7-8,11-15H,9-10H2,1-6H3;1-6,8-9H;1-3H,4H2;2*1H;/q-1;;-1;;;+2/p-2. The van der Waals surface area contributed by atoms with Crippen molar-refractivity contribution in [2.24, 2.45) is 0 Å². The van der Waals surface area contributed by atoms with Crippen LogP contribution >= 0.6 is 0 Å². The van der Waals surface area contributed by atoms with Crippen LogP contribution in [-0.4, -0.2) is 3.21 Å². The van der Waals surface area contributed by atoms with Crippen molar-refractivity contribution in [3.05, 3.63) is 160 Å². The first kappa shape index (κ1) is 45.3. The smallest absolute Gasteiger partial charge is 0.109 e. The molecule has 292 valence electrons. The van der Waals surface area contributed by atoms with E-state index in [-0.39, 0.29) is 46.8 Å². The van der Waals surface area contributed by atoms with Gasteiger partial charge < -0.3 is 24.8 Å². The van der Waals surface area contributed by atoms with E-state index in [1.807, 2.05) is 12.2 Å². The zero-order chi connectivity index (χ0) is 39.2. The quantitative estimate of drug-likeness (QED) is 0.125. The molecule has 0 heterocycles. The third-order valence-corrected chi connectivity index (χ3v) is 12.1. The van der Waals surface area contributed by atoms with Gasteiger partial charge in [-0.1, -0.05) is 63.1 Å². The Labute approximate surface area is 353 Å². The molecule has 0 atom stereocenters. The van der Waals surface area contributed by atoms with Gasteiger partial charge in [0.05, 0.1) is 0 Å². The van der Waals surface area contributed by atoms with Crippen LogP contribution in [0.25, 0.3) is 32.7 Å². The Hall–Kier alpha value is -3.38. The number of halogens is 8. The molecule has 0 saturated carbocycles. The summed E-state index contributed by atoms with van der Waals surface area (Å²) in [4.78, 5) is 0. The zero-order valence-electron chi connectivity index (χ0n) is 32.0. The van der Waals surface area contributed by atoms with Gasteiger partial charge in [0.25, 0.3) is 0 Å². The van der Waals surface area contributed by atoms with Crippen LogP contribution in [0.1, 0.15) is 105 Å². The van der Waals surface area contributed by atoms with Crippen LogP contribution in [0.4, 0.5) is 26.3 Å². The summed E-state index contributed by atoms with van der Waals surface area (Å²) in [5, 5.41) is 5.61. The molecule has 0 bridgehead atoms. The summed E-state index contributed by atoms with van der Waals surface area (Å²) in [5.74, 6) is 0. The van der Waals surface area contributed by atoms with Gasteiger partial charge in [0, 0.05) is 0 Å². The van der Waals surface area contributed by atoms with Crippen molar-refractivity contribution >= 4 is 35.9 Å². The summed E-state index contributed by atoms with van der Waals surface area (Å²) in [6, 6.07) is 21.4. The fourth-order valence-electron chi connectivity index (χ4n) is 7.34. The number of fused-ring (bicyclic) bond motifs is 5. The van der Waals surface area contributed by atoms with Crippen LogP contribution in [0, 0.1) is 6.08 Å². The molecule has 56 heavy (non-hydrogen) atoms. The first-order valence-corrected chi connectivity index (χ1v) is 19.2. The maximum atomic E-state index is 12.7.